The molecule has 0 atom stereocenters. The van der Waals surface area contributed by atoms with E-state index in [4.69, 9.17) is 0 Å². The summed E-state index contributed by atoms with van der Waals surface area (Å²) in [5.41, 5.74) is 4.67. The zero-order valence-corrected chi connectivity index (χ0v) is 11.5. The molecule has 0 fully saturated rings. The predicted octanol–water partition coefficient (Wildman–Crippen LogP) is 4.27. The van der Waals surface area contributed by atoms with Crippen LogP contribution in [-0.2, 0) is 0 Å². The van der Waals surface area contributed by atoms with E-state index in [-0.39, 0.29) is 5.78 Å². The van der Waals surface area contributed by atoms with Crippen LogP contribution in [0.5, 0.6) is 0 Å². The van der Waals surface area contributed by atoms with Gasteiger partial charge in [-0.2, -0.15) is 0 Å². The Labute approximate surface area is 104 Å². The standard InChI is InChI=1S/C13H14OS2/c1-7-5-15-12(9(7)3)11(14)13-10(4)8(2)6-16-13/h5-6H,1-4H3. The van der Waals surface area contributed by atoms with Gasteiger partial charge in [0.05, 0.1) is 9.75 Å². The van der Waals surface area contributed by atoms with Crippen LogP contribution < -0.4 is 0 Å². The molecule has 1 nitrogen and oxygen atoms in total. The molecule has 0 bridgehead atoms. The van der Waals surface area contributed by atoms with Crippen LogP contribution in [0.1, 0.15) is 36.8 Å². The lowest BCUT2D eigenvalue weighted by atomic mass is 10.1. The zero-order chi connectivity index (χ0) is 11.9. The van der Waals surface area contributed by atoms with Crippen molar-refractivity contribution in [2.24, 2.45) is 0 Å². The van der Waals surface area contributed by atoms with E-state index in [0.29, 0.717) is 0 Å². The van der Waals surface area contributed by atoms with Crippen LogP contribution in [0.4, 0.5) is 0 Å². The molecule has 16 heavy (non-hydrogen) atoms. The van der Waals surface area contributed by atoms with E-state index in [0.717, 1.165) is 20.9 Å². The SMILES string of the molecule is Cc1csc(C(=O)c2scc(C)c2C)c1C. The highest BCUT2D eigenvalue weighted by Gasteiger charge is 2.19. The Morgan fingerprint density at radius 3 is 1.50 bits per heavy atom. The number of thiophene rings is 2. The van der Waals surface area contributed by atoms with Crippen LogP contribution in [0.2, 0.25) is 0 Å². The first-order chi connectivity index (χ1) is 7.52. The Hall–Kier alpha value is -0.930. The molecule has 3 heteroatoms. The van der Waals surface area contributed by atoms with Crippen molar-refractivity contribution in [2.75, 3.05) is 0 Å². The maximum absolute atomic E-state index is 12.3. The van der Waals surface area contributed by atoms with Crippen molar-refractivity contribution in [1.29, 1.82) is 0 Å². The van der Waals surface area contributed by atoms with E-state index >= 15 is 0 Å². The lowest BCUT2D eigenvalue weighted by Gasteiger charge is -1.99. The first kappa shape index (κ1) is 11.6. The van der Waals surface area contributed by atoms with Crippen molar-refractivity contribution in [3.63, 3.8) is 0 Å². The third-order valence-electron chi connectivity index (χ3n) is 2.98. The van der Waals surface area contributed by atoms with Gasteiger partial charge in [0, 0.05) is 0 Å². The fourth-order valence-electron chi connectivity index (χ4n) is 1.56. The van der Waals surface area contributed by atoms with Gasteiger partial charge >= 0.3 is 0 Å². The Balaban J connectivity index is 2.47. The maximum Gasteiger partial charge on any atom is 0.213 e. The first-order valence-corrected chi connectivity index (χ1v) is 6.92. The third-order valence-corrected chi connectivity index (χ3v) is 5.38. The topological polar surface area (TPSA) is 17.1 Å². The quantitative estimate of drug-likeness (QED) is 0.727. The van der Waals surface area contributed by atoms with Gasteiger partial charge in [-0.25, -0.2) is 0 Å². The van der Waals surface area contributed by atoms with E-state index in [9.17, 15) is 4.79 Å². The summed E-state index contributed by atoms with van der Waals surface area (Å²) >= 11 is 3.11. The number of carbonyl (C=O) groups is 1. The monoisotopic (exact) mass is 250 g/mol. The molecule has 0 N–H and O–H groups in total. The molecule has 0 spiro atoms. The summed E-state index contributed by atoms with van der Waals surface area (Å²) in [7, 11) is 0. The van der Waals surface area contributed by atoms with Crippen molar-refractivity contribution < 1.29 is 4.79 Å². The number of ketones is 1. The Bertz CT molecular complexity index is 498. The van der Waals surface area contributed by atoms with Crippen molar-refractivity contribution in [3.05, 3.63) is 42.8 Å². The second-order valence-electron chi connectivity index (χ2n) is 4.07. The summed E-state index contributed by atoms with van der Waals surface area (Å²) in [6.07, 6.45) is 0. The Morgan fingerprint density at radius 1 is 0.875 bits per heavy atom. The number of carbonyl (C=O) groups excluding carboxylic acids is 1. The first-order valence-electron chi connectivity index (χ1n) is 5.16. The van der Waals surface area contributed by atoms with Crippen LogP contribution >= 0.6 is 22.7 Å². The number of rotatable bonds is 2. The van der Waals surface area contributed by atoms with Gasteiger partial charge in [0.2, 0.25) is 5.78 Å². The molecule has 2 aromatic heterocycles. The van der Waals surface area contributed by atoms with Crippen molar-refractivity contribution in [1.82, 2.24) is 0 Å². The van der Waals surface area contributed by atoms with Crippen molar-refractivity contribution in [3.8, 4) is 0 Å². The van der Waals surface area contributed by atoms with E-state index in [2.05, 4.69) is 24.6 Å². The molecule has 84 valence electrons. The Morgan fingerprint density at radius 2 is 1.25 bits per heavy atom. The van der Waals surface area contributed by atoms with E-state index in [1.54, 1.807) is 22.7 Å². The summed E-state index contributed by atoms with van der Waals surface area (Å²) in [6.45, 7) is 8.15. The predicted molar refractivity (Wildman–Crippen MR) is 71.0 cm³/mol. The summed E-state index contributed by atoms with van der Waals surface area (Å²) in [5, 5.41) is 4.11. The number of hydrogen-bond donors (Lipinski definition) is 0. The van der Waals surface area contributed by atoms with Gasteiger partial charge in [-0.05, 0) is 60.7 Å². The molecule has 2 rings (SSSR count). The van der Waals surface area contributed by atoms with Crippen LogP contribution in [0.3, 0.4) is 0 Å². The molecule has 0 aliphatic rings. The largest absolute Gasteiger partial charge is 0.287 e. The molecule has 0 amide bonds. The summed E-state index contributed by atoms with van der Waals surface area (Å²) < 4.78 is 0. The van der Waals surface area contributed by atoms with Gasteiger partial charge in [0.15, 0.2) is 0 Å². The molecular weight excluding hydrogens is 236 g/mol. The minimum Gasteiger partial charge on any atom is -0.287 e. The van der Waals surface area contributed by atoms with Gasteiger partial charge in [-0.1, -0.05) is 0 Å². The molecule has 2 aromatic rings. The summed E-state index contributed by atoms with van der Waals surface area (Å²) in [5.74, 6) is 0.186. The molecule has 0 aliphatic carbocycles. The number of hydrogen-bond acceptors (Lipinski definition) is 3. The minimum atomic E-state index is 0.186. The van der Waals surface area contributed by atoms with Crippen LogP contribution in [0.15, 0.2) is 10.8 Å². The minimum absolute atomic E-state index is 0.186. The molecule has 0 saturated carbocycles. The lowest BCUT2D eigenvalue weighted by molar-refractivity contribution is 0.104. The highest BCUT2D eigenvalue weighted by Crippen LogP contribution is 2.29. The maximum atomic E-state index is 12.3. The van der Waals surface area contributed by atoms with Gasteiger partial charge in [0.1, 0.15) is 0 Å². The molecule has 0 saturated heterocycles. The second-order valence-corrected chi connectivity index (χ2v) is 5.83. The fourth-order valence-corrected chi connectivity index (χ4v) is 3.66. The van der Waals surface area contributed by atoms with E-state index in [1.165, 1.54) is 11.1 Å². The lowest BCUT2D eigenvalue weighted by Crippen LogP contribution is -2.00. The van der Waals surface area contributed by atoms with Crippen LogP contribution in [0, 0.1) is 27.7 Å². The van der Waals surface area contributed by atoms with Crippen LogP contribution in [0.25, 0.3) is 0 Å². The highest BCUT2D eigenvalue weighted by molar-refractivity contribution is 7.16. The van der Waals surface area contributed by atoms with Crippen LogP contribution in [-0.4, -0.2) is 5.78 Å². The summed E-state index contributed by atoms with van der Waals surface area (Å²) in [6, 6.07) is 0. The number of aryl methyl sites for hydroxylation is 2. The highest BCUT2D eigenvalue weighted by atomic mass is 32.1. The van der Waals surface area contributed by atoms with Crippen molar-refractivity contribution in [2.45, 2.75) is 27.7 Å². The fraction of sp³-hybridized carbons (Fsp3) is 0.308. The average Bonchev–Trinajstić information content (AvgIpc) is 2.74. The van der Waals surface area contributed by atoms with E-state index < -0.39 is 0 Å². The third kappa shape index (κ3) is 1.74. The Kier molecular flexibility index (Phi) is 3.00. The molecule has 0 aromatic carbocycles. The van der Waals surface area contributed by atoms with Gasteiger partial charge < -0.3 is 0 Å². The normalized spacial score (nSPS) is 10.8. The molecule has 0 aliphatic heterocycles. The molecular formula is C13H14OS2. The molecule has 0 radical (unpaired) electrons. The average molecular weight is 250 g/mol. The van der Waals surface area contributed by atoms with Crippen molar-refractivity contribution >= 4 is 28.5 Å². The smallest absolute Gasteiger partial charge is 0.213 e. The van der Waals surface area contributed by atoms with Gasteiger partial charge in [-0.15, -0.1) is 22.7 Å². The molecule has 2 heterocycles. The molecule has 0 unspecified atom stereocenters. The van der Waals surface area contributed by atoms with Gasteiger partial charge in [-0.3, -0.25) is 4.79 Å². The zero-order valence-electron chi connectivity index (χ0n) is 9.88. The second kappa shape index (κ2) is 4.15. The van der Waals surface area contributed by atoms with Gasteiger partial charge in [0.25, 0.3) is 0 Å². The van der Waals surface area contributed by atoms with E-state index in [1.807, 2.05) is 13.8 Å². The summed E-state index contributed by atoms with van der Waals surface area (Å²) in [4.78, 5) is 14.1.